The van der Waals surface area contributed by atoms with Crippen molar-refractivity contribution in [2.75, 3.05) is 7.11 Å². The monoisotopic (exact) mass is 322 g/mol. The van der Waals surface area contributed by atoms with E-state index in [1.165, 1.54) is 23.1 Å². The summed E-state index contributed by atoms with van der Waals surface area (Å²) in [5.74, 6) is 1.22. The van der Waals surface area contributed by atoms with Crippen LogP contribution < -0.4 is 4.74 Å². The third-order valence-corrected chi connectivity index (χ3v) is 4.98. The summed E-state index contributed by atoms with van der Waals surface area (Å²) in [5.41, 5.74) is 4.90. The van der Waals surface area contributed by atoms with Crippen molar-refractivity contribution in [3.63, 3.8) is 0 Å². The summed E-state index contributed by atoms with van der Waals surface area (Å²) in [4.78, 5) is 0. The zero-order valence-electron chi connectivity index (χ0n) is 14.5. The number of aliphatic hydroxyl groups excluding tert-OH is 1. The van der Waals surface area contributed by atoms with Gasteiger partial charge in [0.2, 0.25) is 0 Å². The first-order chi connectivity index (χ1) is 11.7. The van der Waals surface area contributed by atoms with Crippen molar-refractivity contribution < 1.29 is 9.84 Å². The van der Waals surface area contributed by atoms with Crippen molar-refractivity contribution >= 4 is 6.08 Å². The first-order valence-electron chi connectivity index (χ1n) is 8.75. The minimum Gasteiger partial charge on any atom is -0.496 e. The van der Waals surface area contributed by atoms with Crippen LogP contribution in [0.4, 0.5) is 0 Å². The average Bonchev–Trinajstić information content (AvgIpc) is 3.03. The number of hydrogen-bond acceptors (Lipinski definition) is 2. The third-order valence-electron chi connectivity index (χ3n) is 4.98. The van der Waals surface area contributed by atoms with Crippen molar-refractivity contribution in [3.05, 3.63) is 70.8 Å². The van der Waals surface area contributed by atoms with E-state index in [4.69, 9.17) is 4.74 Å². The zero-order valence-corrected chi connectivity index (χ0v) is 14.5. The van der Waals surface area contributed by atoms with Crippen LogP contribution in [0.25, 0.3) is 6.08 Å². The standard InChI is InChI=1S/C22H26O2/c1-16-10-12-17(13-11-16)14-18-6-5-7-19(18)15-21(23)20-8-3-4-9-22(20)24-2/h3-4,8-14,19,21,23H,5-7,15H2,1-2H3/b18-14-/t19-,21-/m0/s1. The van der Waals surface area contributed by atoms with Crippen LogP contribution in [0.2, 0.25) is 0 Å². The van der Waals surface area contributed by atoms with Crippen LogP contribution in [0.3, 0.4) is 0 Å². The highest BCUT2D eigenvalue weighted by molar-refractivity contribution is 5.54. The lowest BCUT2D eigenvalue weighted by Crippen LogP contribution is -2.07. The van der Waals surface area contributed by atoms with Gasteiger partial charge in [-0.3, -0.25) is 0 Å². The van der Waals surface area contributed by atoms with E-state index < -0.39 is 6.10 Å². The Balaban J connectivity index is 1.75. The van der Waals surface area contributed by atoms with Gasteiger partial charge in [-0.25, -0.2) is 0 Å². The molecule has 0 radical (unpaired) electrons. The molecule has 0 aromatic heterocycles. The van der Waals surface area contributed by atoms with Crippen molar-refractivity contribution in [1.29, 1.82) is 0 Å². The number of para-hydroxylation sites is 1. The highest BCUT2D eigenvalue weighted by Gasteiger charge is 2.25. The number of benzene rings is 2. The molecule has 0 saturated heterocycles. The fourth-order valence-corrected chi connectivity index (χ4v) is 3.62. The second-order valence-corrected chi connectivity index (χ2v) is 6.71. The third kappa shape index (κ3) is 3.88. The molecule has 2 nitrogen and oxygen atoms in total. The topological polar surface area (TPSA) is 29.5 Å². The Morgan fingerprint density at radius 3 is 2.67 bits per heavy atom. The molecule has 0 heterocycles. The van der Waals surface area contributed by atoms with Crippen LogP contribution in [0.5, 0.6) is 5.75 Å². The zero-order chi connectivity index (χ0) is 16.9. The van der Waals surface area contributed by atoms with E-state index in [0.717, 1.165) is 30.6 Å². The van der Waals surface area contributed by atoms with E-state index in [1.807, 2.05) is 24.3 Å². The quantitative estimate of drug-likeness (QED) is 0.808. The summed E-state index contributed by atoms with van der Waals surface area (Å²) in [6, 6.07) is 16.4. The molecular formula is C22H26O2. The number of aryl methyl sites for hydroxylation is 1. The van der Waals surface area contributed by atoms with Crippen LogP contribution >= 0.6 is 0 Å². The van der Waals surface area contributed by atoms with Crippen LogP contribution in [0.1, 0.15) is 48.5 Å². The van der Waals surface area contributed by atoms with Gasteiger partial charge in [0, 0.05) is 5.56 Å². The smallest absolute Gasteiger partial charge is 0.124 e. The maximum absolute atomic E-state index is 10.7. The van der Waals surface area contributed by atoms with Crippen molar-refractivity contribution in [2.45, 2.75) is 38.7 Å². The molecule has 1 aliphatic carbocycles. The van der Waals surface area contributed by atoms with Crippen molar-refractivity contribution in [3.8, 4) is 5.75 Å². The van der Waals surface area contributed by atoms with Gasteiger partial charge < -0.3 is 9.84 Å². The molecule has 3 rings (SSSR count). The molecule has 0 unspecified atom stereocenters. The van der Waals surface area contributed by atoms with Crippen LogP contribution in [-0.4, -0.2) is 12.2 Å². The Labute approximate surface area is 144 Å². The number of methoxy groups -OCH3 is 1. The molecule has 1 saturated carbocycles. The van der Waals surface area contributed by atoms with Gasteiger partial charge in [-0.05, 0) is 50.2 Å². The van der Waals surface area contributed by atoms with Gasteiger partial charge in [-0.15, -0.1) is 0 Å². The summed E-state index contributed by atoms with van der Waals surface area (Å²) < 4.78 is 5.39. The predicted octanol–water partition coefficient (Wildman–Crippen LogP) is 5.31. The molecule has 2 atom stereocenters. The van der Waals surface area contributed by atoms with E-state index >= 15 is 0 Å². The lowest BCUT2D eigenvalue weighted by Gasteiger charge is -2.19. The number of ether oxygens (including phenoxy) is 1. The Morgan fingerprint density at radius 2 is 1.92 bits per heavy atom. The normalized spacial score (nSPS) is 20.3. The molecule has 0 spiro atoms. The van der Waals surface area contributed by atoms with E-state index in [2.05, 4.69) is 37.3 Å². The molecule has 126 valence electrons. The van der Waals surface area contributed by atoms with Crippen molar-refractivity contribution in [2.24, 2.45) is 5.92 Å². The lowest BCUT2D eigenvalue weighted by molar-refractivity contribution is 0.148. The Morgan fingerprint density at radius 1 is 1.17 bits per heavy atom. The fourth-order valence-electron chi connectivity index (χ4n) is 3.62. The Kier molecular flexibility index (Phi) is 5.37. The van der Waals surface area contributed by atoms with Gasteiger partial charge >= 0.3 is 0 Å². The molecule has 1 aliphatic rings. The lowest BCUT2D eigenvalue weighted by atomic mass is 9.91. The molecule has 0 amide bonds. The van der Waals surface area contributed by atoms with E-state index in [9.17, 15) is 5.11 Å². The number of allylic oxidation sites excluding steroid dienone is 1. The molecule has 24 heavy (non-hydrogen) atoms. The summed E-state index contributed by atoms with van der Waals surface area (Å²) in [6.07, 6.45) is 6.09. The SMILES string of the molecule is COc1ccccc1[C@@H](O)C[C@@H]1CCC/C1=C/c1ccc(C)cc1. The average molecular weight is 322 g/mol. The molecule has 0 aliphatic heterocycles. The number of hydrogen-bond donors (Lipinski definition) is 1. The van der Waals surface area contributed by atoms with E-state index in [0.29, 0.717) is 5.92 Å². The molecule has 2 aromatic rings. The maximum atomic E-state index is 10.7. The molecule has 2 aromatic carbocycles. The largest absolute Gasteiger partial charge is 0.496 e. The maximum Gasteiger partial charge on any atom is 0.124 e. The summed E-state index contributed by atoms with van der Waals surface area (Å²) >= 11 is 0. The first kappa shape index (κ1) is 16.8. The summed E-state index contributed by atoms with van der Waals surface area (Å²) in [6.45, 7) is 2.11. The molecule has 0 bridgehead atoms. The van der Waals surface area contributed by atoms with E-state index in [1.54, 1.807) is 7.11 Å². The van der Waals surface area contributed by atoms with Crippen molar-refractivity contribution in [1.82, 2.24) is 0 Å². The first-order valence-corrected chi connectivity index (χ1v) is 8.75. The predicted molar refractivity (Wildman–Crippen MR) is 99.1 cm³/mol. The van der Waals surface area contributed by atoms with Gasteiger partial charge in [-0.2, -0.15) is 0 Å². The highest BCUT2D eigenvalue weighted by atomic mass is 16.5. The Hall–Kier alpha value is -2.06. The van der Waals surface area contributed by atoms with Crippen LogP contribution in [-0.2, 0) is 0 Å². The minimum atomic E-state index is -0.481. The number of aliphatic hydroxyl groups is 1. The van der Waals surface area contributed by atoms with E-state index in [-0.39, 0.29) is 0 Å². The minimum absolute atomic E-state index is 0.450. The number of rotatable bonds is 5. The summed E-state index contributed by atoms with van der Waals surface area (Å²) in [7, 11) is 1.66. The highest BCUT2D eigenvalue weighted by Crippen LogP contribution is 2.39. The van der Waals surface area contributed by atoms with Gasteiger partial charge in [0.15, 0.2) is 0 Å². The second-order valence-electron chi connectivity index (χ2n) is 6.71. The summed E-state index contributed by atoms with van der Waals surface area (Å²) in [5, 5.41) is 10.7. The van der Waals surface area contributed by atoms with Crippen LogP contribution in [0.15, 0.2) is 54.1 Å². The van der Waals surface area contributed by atoms with Gasteiger partial charge in [0.1, 0.15) is 5.75 Å². The molecule has 1 fully saturated rings. The Bertz CT molecular complexity index is 700. The van der Waals surface area contributed by atoms with Gasteiger partial charge in [-0.1, -0.05) is 59.7 Å². The molecular weight excluding hydrogens is 296 g/mol. The second kappa shape index (κ2) is 7.67. The van der Waals surface area contributed by atoms with Gasteiger partial charge in [0.25, 0.3) is 0 Å². The molecule has 1 N–H and O–H groups in total. The fraction of sp³-hybridized carbons (Fsp3) is 0.364. The van der Waals surface area contributed by atoms with Gasteiger partial charge in [0.05, 0.1) is 13.2 Å². The van der Waals surface area contributed by atoms with Crippen LogP contribution in [0, 0.1) is 12.8 Å². The molecule has 2 heteroatoms.